The first kappa shape index (κ1) is 17.0. The van der Waals surface area contributed by atoms with Crippen LogP contribution in [0.25, 0.3) is 22.4 Å². The summed E-state index contributed by atoms with van der Waals surface area (Å²) in [6.45, 7) is 1.82. The molecule has 3 aromatic heterocycles. The quantitative estimate of drug-likeness (QED) is 0.346. The van der Waals surface area contributed by atoms with Crippen molar-refractivity contribution < 1.29 is 18.6 Å². The van der Waals surface area contributed by atoms with E-state index in [-0.39, 0.29) is 23.9 Å². The Hall–Kier alpha value is -3.46. The Morgan fingerprint density at radius 2 is 2.15 bits per heavy atom. The normalized spacial score (nSPS) is 10.9. The van der Waals surface area contributed by atoms with E-state index in [0.717, 1.165) is 10.4 Å². The molecule has 0 unspecified atom stereocenters. The van der Waals surface area contributed by atoms with E-state index in [0.29, 0.717) is 17.3 Å². The van der Waals surface area contributed by atoms with Crippen molar-refractivity contribution in [2.45, 2.75) is 13.5 Å². The average Bonchev–Trinajstić information content (AvgIpc) is 3.39. The molecule has 27 heavy (non-hydrogen) atoms. The highest BCUT2D eigenvalue weighted by molar-refractivity contribution is 7.13. The van der Waals surface area contributed by atoms with Crippen LogP contribution in [-0.2, 0) is 6.61 Å². The van der Waals surface area contributed by atoms with Gasteiger partial charge in [0.1, 0.15) is 12.4 Å². The highest BCUT2D eigenvalue weighted by Crippen LogP contribution is 2.30. The second-order valence-corrected chi connectivity index (χ2v) is 6.63. The van der Waals surface area contributed by atoms with Crippen molar-refractivity contribution in [3.05, 3.63) is 69.3 Å². The lowest BCUT2D eigenvalue weighted by Gasteiger charge is -2.05. The summed E-state index contributed by atoms with van der Waals surface area (Å²) in [5, 5.41) is 17.0. The Labute approximate surface area is 157 Å². The van der Waals surface area contributed by atoms with Crippen LogP contribution in [-0.4, -0.2) is 15.1 Å². The number of benzene rings is 1. The standard InChI is InChI=1S/C18H13N3O5S/c1-11-4-6-14(13(9-11)21(22)23)24-10-12-5-7-15(25-12)18-19-17(20-26-18)16-3-2-8-27-16/h2-9H,10H2,1H3. The SMILES string of the molecule is Cc1ccc(OCc2ccc(-c3nc(-c4cccs4)no3)o2)c([N+](=O)[O-])c1. The number of rotatable bonds is 6. The molecule has 0 aliphatic carbocycles. The second kappa shape index (κ2) is 7.04. The number of hydrogen-bond donors (Lipinski definition) is 0. The van der Waals surface area contributed by atoms with Crippen LogP contribution in [0, 0.1) is 17.0 Å². The lowest BCUT2D eigenvalue weighted by atomic mass is 10.2. The van der Waals surface area contributed by atoms with Crippen molar-refractivity contribution in [3.63, 3.8) is 0 Å². The number of ether oxygens (including phenoxy) is 1. The Kier molecular flexibility index (Phi) is 4.43. The molecule has 0 saturated heterocycles. The predicted molar refractivity (Wildman–Crippen MR) is 97.5 cm³/mol. The zero-order chi connectivity index (χ0) is 18.8. The van der Waals surface area contributed by atoms with Gasteiger partial charge in [0.05, 0.1) is 9.80 Å². The summed E-state index contributed by atoms with van der Waals surface area (Å²) in [4.78, 5) is 15.9. The number of furan rings is 1. The maximum Gasteiger partial charge on any atom is 0.311 e. The summed E-state index contributed by atoms with van der Waals surface area (Å²) in [5.74, 6) is 1.81. The zero-order valence-corrected chi connectivity index (χ0v) is 14.9. The third-order valence-electron chi connectivity index (χ3n) is 3.72. The van der Waals surface area contributed by atoms with Gasteiger partial charge in [-0.25, -0.2) is 0 Å². The largest absolute Gasteiger partial charge is 0.479 e. The van der Waals surface area contributed by atoms with Gasteiger partial charge in [0.25, 0.3) is 5.89 Å². The third-order valence-corrected chi connectivity index (χ3v) is 4.59. The predicted octanol–water partition coefficient (Wildman–Crippen LogP) is 4.85. The summed E-state index contributed by atoms with van der Waals surface area (Å²) in [7, 11) is 0. The van der Waals surface area contributed by atoms with E-state index >= 15 is 0 Å². The molecule has 0 spiro atoms. The van der Waals surface area contributed by atoms with E-state index in [1.54, 1.807) is 31.2 Å². The maximum atomic E-state index is 11.1. The molecule has 0 atom stereocenters. The number of nitro benzene ring substituents is 1. The monoisotopic (exact) mass is 383 g/mol. The molecule has 0 amide bonds. The van der Waals surface area contributed by atoms with Gasteiger partial charge in [-0.3, -0.25) is 10.1 Å². The van der Waals surface area contributed by atoms with Crippen molar-refractivity contribution in [1.29, 1.82) is 0 Å². The number of thiophene rings is 1. The van der Waals surface area contributed by atoms with Crippen LogP contribution in [0.2, 0.25) is 0 Å². The molecule has 0 aliphatic rings. The highest BCUT2D eigenvalue weighted by Gasteiger charge is 2.17. The average molecular weight is 383 g/mol. The Morgan fingerprint density at radius 3 is 2.93 bits per heavy atom. The van der Waals surface area contributed by atoms with E-state index in [9.17, 15) is 10.1 Å². The summed E-state index contributed by atoms with van der Waals surface area (Å²) < 4.78 is 16.4. The fourth-order valence-corrected chi connectivity index (χ4v) is 3.09. The molecule has 1 aromatic carbocycles. The molecule has 8 nitrogen and oxygen atoms in total. The molecular weight excluding hydrogens is 370 g/mol. The Morgan fingerprint density at radius 1 is 1.26 bits per heavy atom. The topological polar surface area (TPSA) is 104 Å². The minimum absolute atomic E-state index is 0.0375. The molecule has 0 bridgehead atoms. The van der Waals surface area contributed by atoms with Crippen molar-refractivity contribution in [3.8, 4) is 28.1 Å². The van der Waals surface area contributed by atoms with E-state index in [4.69, 9.17) is 13.7 Å². The molecule has 136 valence electrons. The second-order valence-electron chi connectivity index (χ2n) is 5.68. The lowest BCUT2D eigenvalue weighted by Crippen LogP contribution is -1.98. The van der Waals surface area contributed by atoms with Gasteiger partial charge in [-0.15, -0.1) is 11.3 Å². The van der Waals surface area contributed by atoms with Gasteiger partial charge < -0.3 is 13.7 Å². The first-order valence-corrected chi connectivity index (χ1v) is 8.82. The number of aromatic nitrogens is 2. The van der Waals surface area contributed by atoms with Gasteiger partial charge in [0, 0.05) is 6.07 Å². The molecular formula is C18H13N3O5S. The van der Waals surface area contributed by atoms with Crippen molar-refractivity contribution in [1.82, 2.24) is 10.1 Å². The summed E-state index contributed by atoms with van der Waals surface area (Å²) in [6, 6.07) is 12.0. The first-order valence-electron chi connectivity index (χ1n) is 7.94. The van der Waals surface area contributed by atoms with Gasteiger partial charge >= 0.3 is 5.69 Å². The third kappa shape index (κ3) is 3.58. The van der Waals surface area contributed by atoms with Crippen LogP contribution in [0.4, 0.5) is 5.69 Å². The Balaban J connectivity index is 1.49. The van der Waals surface area contributed by atoms with E-state index in [2.05, 4.69) is 10.1 Å². The molecule has 3 heterocycles. The number of nitro groups is 1. The van der Waals surface area contributed by atoms with E-state index < -0.39 is 4.92 Å². The molecule has 4 rings (SSSR count). The van der Waals surface area contributed by atoms with Crippen LogP contribution in [0.3, 0.4) is 0 Å². The summed E-state index contributed by atoms with van der Waals surface area (Å²) in [5.41, 5.74) is 0.701. The van der Waals surface area contributed by atoms with Gasteiger partial charge in [-0.05, 0) is 42.1 Å². The maximum absolute atomic E-state index is 11.1. The fourth-order valence-electron chi connectivity index (χ4n) is 2.44. The molecule has 9 heteroatoms. The molecule has 0 N–H and O–H groups in total. The van der Waals surface area contributed by atoms with Crippen LogP contribution < -0.4 is 4.74 Å². The van der Waals surface area contributed by atoms with Crippen LogP contribution in [0.5, 0.6) is 5.75 Å². The fraction of sp³-hybridized carbons (Fsp3) is 0.111. The van der Waals surface area contributed by atoms with Crippen LogP contribution >= 0.6 is 11.3 Å². The van der Waals surface area contributed by atoms with Crippen molar-refractivity contribution in [2.24, 2.45) is 0 Å². The molecule has 0 fully saturated rings. The summed E-state index contributed by atoms with van der Waals surface area (Å²) >= 11 is 1.51. The van der Waals surface area contributed by atoms with Gasteiger partial charge in [0.2, 0.25) is 5.82 Å². The van der Waals surface area contributed by atoms with Crippen LogP contribution in [0.1, 0.15) is 11.3 Å². The smallest absolute Gasteiger partial charge is 0.311 e. The number of nitrogens with zero attached hydrogens (tertiary/aromatic N) is 3. The molecule has 0 radical (unpaired) electrons. The van der Waals surface area contributed by atoms with Gasteiger partial charge in [-0.2, -0.15) is 4.98 Å². The number of hydrogen-bond acceptors (Lipinski definition) is 8. The van der Waals surface area contributed by atoms with E-state index in [1.807, 2.05) is 17.5 Å². The minimum atomic E-state index is -0.472. The van der Waals surface area contributed by atoms with E-state index in [1.165, 1.54) is 17.4 Å². The van der Waals surface area contributed by atoms with Gasteiger partial charge in [0.15, 0.2) is 11.5 Å². The highest BCUT2D eigenvalue weighted by atomic mass is 32.1. The number of aryl methyl sites for hydroxylation is 1. The molecule has 0 saturated carbocycles. The lowest BCUT2D eigenvalue weighted by molar-refractivity contribution is -0.386. The molecule has 0 aliphatic heterocycles. The Bertz CT molecular complexity index is 1080. The van der Waals surface area contributed by atoms with Crippen molar-refractivity contribution >= 4 is 17.0 Å². The summed E-state index contributed by atoms with van der Waals surface area (Å²) in [6.07, 6.45) is 0. The van der Waals surface area contributed by atoms with Crippen molar-refractivity contribution in [2.75, 3.05) is 0 Å². The minimum Gasteiger partial charge on any atom is -0.479 e. The zero-order valence-electron chi connectivity index (χ0n) is 14.1. The first-order chi connectivity index (χ1) is 13.1. The van der Waals surface area contributed by atoms with Crippen LogP contribution in [0.15, 0.2) is 56.8 Å². The molecule has 4 aromatic rings. The van der Waals surface area contributed by atoms with Gasteiger partial charge in [-0.1, -0.05) is 17.3 Å².